The third-order valence-corrected chi connectivity index (χ3v) is 3.01. The SMILES string of the molecule is N#Cc1ccc(C(F)(F)F)cc1N1CC[C@H](N)C1. The van der Waals surface area contributed by atoms with Crippen molar-refractivity contribution in [3.8, 4) is 6.07 Å². The molecule has 6 heteroatoms. The summed E-state index contributed by atoms with van der Waals surface area (Å²) in [6.45, 7) is 1.06. The number of nitrogens with zero attached hydrogens (tertiary/aromatic N) is 2. The van der Waals surface area contributed by atoms with Crippen molar-refractivity contribution in [1.29, 1.82) is 5.26 Å². The number of hydrogen-bond acceptors (Lipinski definition) is 3. The van der Waals surface area contributed by atoms with Crippen molar-refractivity contribution in [3.63, 3.8) is 0 Å². The molecule has 1 fully saturated rings. The molecule has 0 aromatic heterocycles. The van der Waals surface area contributed by atoms with Gasteiger partial charge in [-0.1, -0.05) is 0 Å². The number of hydrogen-bond donors (Lipinski definition) is 1. The Bertz CT molecular complexity index is 490. The monoisotopic (exact) mass is 255 g/mol. The molecular formula is C12H12F3N3. The van der Waals surface area contributed by atoms with Crippen LogP contribution in [0.5, 0.6) is 0 Å². The van der Waals surface area contributed by atoms with E-state index < -0.39 is 11.7 Å². The van der Waals surface area contributed by atoms with E-state index in [1.54, 1.807) is 4.90 Å². The quantitative estimate of drug-likeness (QED) is 0.836. The topological polar surface area (TPSA) is 53.0 Å². The lowest BCUT2D eigenvalue weighted by Crippen LogP contribution is -2.27. The van der Waals surface area contributed by atoms with Crippen LogP contribution in [0.25, 0.3) is 0 Å². The maximum Gasteiger partial charge on any atom is 0.416 e. The Morgan fingerprint density at radius 3 is 2.61 bits per heavy atom. The molecule has 2 rings (SSSR count). The summed E-state index contributed by atoms with van der Waals surface area (Å²) < 4.78 is 37.9. The third kappa shape index (κ3) is 2.41. The minimum atomic E-state index is -4.40. The highest BCUT2D eigenvalue weighted by atomic mass is 19.4. The van der Waals surface area contributed by atoms with Crippen LogP contribution in [0.4, 0.5) is 18.9 Å². The lowest BCUT2D eigenvalue weighted by atomic mass is 10.1. The number of benzene rings is 1. The minimum Gasteiger partial charge on any atom is -0.369 e. The standard InChI is InChI=1S/C12H12F3N3/c13-12(14,15)9-2-1-8(6-16)11(5-9)18-4-3-10(17)7-18/h1-2,5,10H,3-4,7,17H2/t10-/m0/s1. The third-order valence-electron chi connectivity index (χ3n) is 3.01. The lowest BCUT2D eigenvalue weighted by molar-refractivity contribution is -0.137. The molecule has 2 N–H and O–H groups in total. The van der Waals surface area contributed by atoms with Crippen molar-refractivity contribution in [2.45, 2.75) is 18.6 Å². The predicted octanol–water partition coefficient (Wildman–Crippen LogP) is 2.11. The van der Waals surface area contributed by atoms with Crippen molar-refractivity contribution in [3.05, 3.63) is 29.3 Å². The van der Waals surface area contributed by atoms with E-state index in [9.17, 15) is 13.2 Å². The van der Waals surface area contributed by atoms with Crippen LogP contribution in [-0.4, -0.2) is 19.1 Å². The van der Waals surface area contributed by atoms with Crippen molar-refractivity contribution >= 4 is 5.69 Å². The van der Waals surface area contributed by atoms with Gasteiger partial charge in [-0.3, -0.25) is 0 Å². The normalized spacial score (nSPS) is 19.9. The van der Waals surface area contributed by atoms with Gasteiger partial charge in [-0.2, -0.15) is 18.4 Å². The number of nitrogens with two attached hydrogens (primary N) is 1. The van der Waals surface area contributed by atoms with Gasteiger partial charge < -0.3 is 10.6 Å². The summed E-state index contributed by atoms with van der Waals surface area (Å²) in [5, 5.41) is 8.95. The molecule has 3 nitrogen and oxygen atoms in total. The first-order chi connectivity index (χ1) is 8.41. The highest BCUT2D eigenvalue weighted by molar-refractivity contribution is 5.61. The van der Waals surface area contributed by atoms with E-state index in [2.05, 4.69) is 0 Å². The molecule has 1 aromatic rings. The summed E-state index contributed by atoms with van der Waals surface area (Å²) in [7, 11) is 0. The Morgan fingerprint density at radius 1 is 1.39 bits per heavy atom. The summed E-state index contributed by atoms with van der Waals surface area (Å²) in [6, 6.07) is 5.03. The van der Waals surface area contributed by atoms with E-state index in [0.717, 1.165) is 18.6 Å². The molecule has 1 aliphatic rings. The summed E-state index contributed by atoms with van der Waals surface area (Å²) in [5.74, 6) is 0. The van der Waals surface area contributed by atoms with Crippen LogP contribution in [-0.2, 0) is 6.18 Å². The van der Waals surface area contributed by atoms with Gasteiger partial charge in [-0.05, 0) is 24.6 Å². The van der Waals surface area contributed by atoms with Crippen LogP contribution in [0.2, 0.25) is 0 Å². The zero-order valence-corrected chi connectivity index (χ0v) is 9.54. The van der Waals surface area contributed by atoms with Crippen LogP contribution in [0.15, 0.2) is 18.2 Å². The zero-order chi connectivity index (χ0) is 13.3. The second-order valence-electron chi connectivity index (χ2n) is 4.34. The first kappa shape index (κ1) is 12.7. The summed E-state index contributed by atoms with van der Waals surface area (Å²) >= 11 is 0. The van der Waals surface area contributed by atoms with Crippen LogP contribution in [0.1, 0.15) is 17.5 Å². The van der Waals surface area contributed by atoms with Crippen molar-refractivity contribution in [2.24, 2.45) is 5.73 Å². The Morgan fingerprint density at radius 2 is 2.11 bits per heavy atom. The van der Waals surface area contributed by atoms with Crippen LogP contribution in [0, 0.1) is 11.3 Å². The molecule has 0 radical (unpaired) electrons. The highest BCUT2D eigenvalue weighted by Crippen LogP contribution is 2.34. The van der Waals surface area contributed by atoms with Gasteiger partial charge in [0.05, 0.1) is 16.8 Å². The fourth-order valence-corrected chi connectivity index (χ4v) is 2.07. The molecule has 1 aliphatic heterocycles. The van der Waals surface area contributed by atoms with Gasteiger partial charge in [0.15, 0.2) is 0 Å². The molecule has 96 valence electrons. The molecule has 1 saturated heterocycles. The lowest BCUT2D eigenvalue weighted by Gasteiger charge is -2.20. The number of halogens is 3. The van der Waals surface area contributed by atoms with Gasteiger partial charge in [0.1, 0.15) is 6.07 Å². The molecule has 0 saturated carbocycles. The van der Waals surface area contributed by atoms with Gasteiger partial charge in [0, 0.05) is 19.1 Å². The Kier molecular flexibility index (Phi) is 3.18. The van der Waals surface area contributed by atoms with E-state index >= 15 is 0 Å². The molecule has 0 amide bonds. The maximum atomic E-state index is 12.6. The van der Waals surface area contributed by atoms with E-state index in [-0.39, 0.29) is 11.6 Å². The van der Waals surface area contributed by atoms with Gasteiger partial charge in [0.25, 0.3) is 0 Å². The average molecular weight is 255 g/mol. The largest absolute Gasteiger partial charge is 0.416 e. The molecule has 18 heavy (non-hydrogen) atoms. The number of nitriles is 1. The summed E-state index contributed by atoms with van der Waals surface area (Å²) in [5.41, 5.74) is 5.56. The van der Waals surface area contributed by atoms with Gasteiger partial charge in [0.2, 0.25) is 0 Å². The molecule has 1 atom stereocenters. The molecule has 1 aromatic carbocycles. The predicted molar refractivity (Wildman–Crippen MR) is 61.0 cm³/mol. The number of rotatable bonds is 1. The van der Waals surface area contributed by atoms with E-state index in [1.165, 1.54) is 6.07 Å². The van der Waals surface area contributed by atoms with Crippen LogP contribution >= 0.6 is 0 Å². The zero-order valence-electron chi connectivity index (χ0n) is 9.54. The Hall–Kier alpha value is -1.74. The smallest absolute Gasteiger partial charge is 0.369 e. The van der Waals surface area contributed by atoms with Gasteiger partial charge >= 0.3 is 6.18 Å². The maximum absolute atomic E-state index is 12.6. The first-order valence-electron chi connectivity index (χ1n) is 5.53. The Labute approximate surface area is 103 Å². The van der Waals surface area contributed by atoms with Crippen LogP contribution in [0.3, 0.4) is 0 Å². The van der Waals surface area contributed by atoms with Crippen molar-refractivity contribution < 1.29 is 13.2 Å². The number of anilines is 1. The molecule has 0 unspecified atom stereocenters. The Balaban J connectivity index is 2.41. The van der Waals surface area contributed by atoms with Gasteiger partial charge in [-0.25, -0.2) is 0 Å². The van der Waals surface area contributed by atoms with E-state index in [0.29, 0.717) is 18.8 Å². The molecule has 0 spiro atoms. The summed E-state index contributed by atoms with van der Waals surface area (Å²) in [6.07, 6.45) is -3.67. The second-order valence-corrected chi connectivity index (χ2v) is 4.34. The van der Waals surface area contributed by atoms with Crippen LogP contribution < -0.4 is 10.6 Å². The highest BCUT2D eigenvalue weighted by Gasteiger charge is 2.32. The molecular weight excluding hydrogens is 243 g/mol. The average Bonchev–Trinajstić information content (AvgIpc) is 2.73. The number of alkyl halides is 3. The summed E-state index contributed by atoms with van der Waals surface area (Å²) in [4.78, 5) is 1.73. The second kappa shape index (κ2) is 4.50. The van der Waals surface area contributed by atoms with E-state index in [1.807, 2.05) is 6.07 Å². The molecule has 0 aliphatic carbocycles. The van der Waals surface area contributed by atoms with Crippen molar-refractivity contribution in [1.82, 2.24) is 0 Å². The van der Waals surface area contributed by atoms with E-state index in [4.69, 9.17) is 11.0 Å². The fraction of sp³-hybridized carbons (Fsp3) is 0.417. The van der Waals surface area contributed by atoms with Gasteiger partial charge in [-0.15, -0.1) is 0 Å². The first-order valence-corrected chi connectivity index (χ1v) is 5.53. The minimum absolute atomic E-state index is 0.0499. The molecule has 0 bridgehead atoms. The fourth-order valence-electron chi connectivity index (χ4n) is 2.07. The van der Waals surface area contributed by atoms with Crippen molar-refractivity contribution in [2.75, 3.05) is 18.0 Å². The molecule has 1 heterocycles.